The number of benzene rings is 1. The summed E-state index contributed by atoms with van der Waals surface area (Å²) in [5.74, 6) is -0.832. The Hall–Kier alpha value is -2.57. The first-order valence-electron chi connectivity index (χ1n) is 5.81. The molecule has 0 saturated carbocycles. The number of imide groups is 1. The van der Waals surface area contributed by atoms with Gasteiger partial charge in [0.1, 0.15) is 5.75 Å². The van der Waals surface area contributed by atoms with E-state index in [-0.39, 0.29) is 5.56 Å². The van der Waals surface area contributed by atoms with E-state index in [4.69, 9.17) is 9.47 Å². The highest BCUT2D eigenvalue weighted by Crippen LogP contribution is 2.19. The zero-order valence-corrected chi connectivity index (χ0v) is 11.5. The lowest BCUT2D eigenvalue weighted by Crippen LogP contribution is -2.39. The van der Waals surface area contributed by atoms with Gasteiger partial charge < -0.3 is 14.8 Å². The molecule has 2 N–H and O–H groups in total. The molecule has 20 heavy (non-hydrogen) atoms. The van der Waals surface area contributed by atoms with Gasteiger partial charge in [0.15, 0.2) is 6.61 Å². The minimum absolute atomic E-state index is 0.264. The second kappa shape index (κ2) is 7.13. The molecule has 0 atom stereocenters. The predicted molar refractivity (Wildman–Crippen MR) is 70.6 cm³/mol. The fraction of sp³-hybridized carbons (Fsp3) is 0.308. The molecule has 0 aliphatic carbocycles. The molecule has 0 unspecified atom stereocenters. The zero-order valence-electron chi connectivity index (χ0n) is 11.5. The van der Waals surface area contributed by atoms with Crippen molar-refractivity contribution in [2.24, 2.45) is 0 Å². The van der Waals surface area contributed by atoms with Crippen molar-refractivity contribution in [3.63, 3.8) is 0 Å². The van der Waals surface area contributed by atoms with Crippen LogP contribution in [0.1, 0.15) is 15.9 Å². The maximum atomic E-state index is 11.7. The molecule has 0 spiro atoms. The number of urea groups is 1. The van der Waals surface area contributed by atoms with E-state index in [2.05, 4.69) is 5.32 Å². The van der Waals surface area contributed by atoms with Crippen molar-refractivity contribution < 1.29 is 23.9 Å². The number of carbonyl (C=O) groups excluding carboxylic acids is 3. The number of hydrogen-bond donors (Lipinski definition) is 2. The normalized spacial score (nSPS) is 9.55. The lowest BCUT2D eigenvalue weighted by atomic mass is 10.1. The average molecular weight is 280 g/mol. The maximum Gasteiger partial charge on any atom is 0.338 e. The number of methoxy groups -OCH3 is 1. The summed E-state index contributed by atoms with van der Waals surface area (Å²) in [6, 6.07) is 4.13. The third kappa shape index (κ3) is 4.27. The highest BCUT2D eigenvalue weighted by atomic mass is 16.5. The number of esters is 1. The van der Waals surface area contributed by atoms with Gasteiger partial charge in [-0.2, -0.15) is 0 Å². The number of carbonyl (C=O) groups is 3. The molecule has 7 nitrogen and oxygen atoms in total. The molecule has 0 aliphatic heterocycles. The first-order valence-corrected chi connectivity index (χ1v) is 5.81. The summed E-state index contributed by atoms with van der Waals surface area (Å²) in [6.07, 6.45) is 0. The quantitative estimate of drug-likeness (QED) is 0.788. The van der Waals surface area contributed by atoms with E-state index in [0.29, 0.717) is 5.75 Å². The van der Waals surface area contributed by atoms with Crippen LogP contribution in [0.25, 0.3) is 0 Å². The summed E-state index contributed by atoms with van der Waals surface area (Å²) in [5.41, 5.74) is 1.14. The van der Waals surface area contributed by atoms with Crippen molar-refractivity contribution in [2.45, 2.75) is 6.92 Å². The summed E-state index contributed by atoms with van der Waals surface area (Å²) in [7, 11) is 2.86. The Labute approximate surface area is 116 Å². The molecule has 0 aromatic heterocycles. The standard InChI is InChI=1S/C13H16N2O5/c1-8-4-5-9(6-10(8)19-3)12(17)20-7-11(16)15-13(18)14-2/h4-6H,7H2,1-3H3,(H2,14,15,16,18). The third-order valence-electron chi connectivity index (χ3n) is 2.46. The van der Waals surface area contributed by atoms with Crippen LogP contribution in [-0.2, 0) is 9.53 Å². The van der Waals surface area contributed by atoms with Gasteiger partial charge in [-0.1, -0.05) is 6.07 Å². The van der Waals surface area contributed by atoms with Crippen LogP contribution >= 0.6 is 0 Å². The fourth-order valence-electron chi connectivity index (χ4n) is 1.39. The number of nitrogens with one attached hydrogen (secondary N) is 2. The van der Waals surface area contributed by atoms with Crippen LogP contribution in [0, 0.1) is 6.92 Å². The molecule has 108 valence electrons. The largest absolute Gasteiger partial charge is 0.496 e. The average Bonchev–Trinajstić information content (AvgIpc) is 2.45. The van der Waals surface area contributed by atoms with Crippen molar-refractivity contribution in [1.82, 2.24) is 10.6 Å². The van der Waals surface area contributed by atoms with Crippen LogP contribution in [0.4, 0.5) is 4.79 Å². The van der Waals surface area contributed by atoms with Gasteiger partial charge in [0.05, 0.1) is 12.7 Å². The van der Waals surface area contributed by atoms with E-state index in [0.717, 1.165) is 5.56 Å². The van der Waals surface area contributed by atoms with E-state index in [1.54, 1.807) is 12.1 Å². The topological polar surface area (TPSA) is 93.7 Å². The molecule has 0 radical (unpaired) electrons. The van der Waals surface area contributed by atoms with Crippen LogP contribution in [0.3, 0.4) is 0 Å². The molecule has 3 amide bonds. The Morgan fingerprint density at radius 1 is 1.25 bits per heavy atom. The highest BCUT2D eigenvalue weighted by Gasteiger charge is 2.13. The summed E-state index contributed by atoms with van der Waals surface area (Å²) < 4.78 is 9.88. The molecule has 7 heteroatoms. The van der Waals surface area contributed by atoms with Crippen LogP contribution in [-0.4, -0.2) is 38.7 Å². The van der Waals surface area contributed by atoms with Crippen molar-refractivity contribution >= 4 is 17.9 Å². The van der Waals surface area contributed by atoms with Crippen molar-refractivity contribution in [3.05, 3.63) is 29.3 Å². The number of hydrogen-bond acceptors (Lipinski definition) is 5. The molecule has 1 rings (SSSR count). The van der Waals surface area contributed by atoms with E-state index < -0.39 is 24.5 Å². The van der Waals surface area contributed by atoms with E-state index >= 15 is 0 Å². The minimum atomic E-state index is -0.711. The Balaban J connectivity index is 2.59. The smallest absolute Gasteiger partial charge is 0.338 e. The first kappa shape index (κ1) is 15.5. The Bertz CT molecular complexity index is 527. The lowest BCUT2D eigenvalue weighted by molar-refractivity contribution is -0.123. The first-order chi connectivity index (χ1) is 9.47. The molecule has 0 heterocycles. The molecular weight excluding hydrogens is 264 g/mol. The fourth-order valence-corrected chi connectivity index (χ4v) is 1.39. The van der Waals surface area contributed by atoms with Gasteiger partial charge in [-0.25, -0.2) is 9.59 Å². The molecule has 0 saturated heterocycles. The summed E-state index contributed by atoms with van der Waals surface area (Å²) in [5, 5.41) is 4.19. The van der Waals surface area contributed by atoms with Gasteiger partial charge in [-0.3, -0.25) is 10.1 Å². The Kier molecular flexibility index (Phi) is 5.52. The predicted octanol–water partition coefficient (Wildman–Crippen LogP) is 0.616. The second-order valence-electron chi connectivity index (χ2n) is 3.89. The van der Waals surface area contributed by atoms with E-state index in [1.807, 2.05) is 12.2 Å². The molecule has 1 aromatic carbocycles. The Morgan fingerprint density at radius 3 is 2.55 bits per heavy atom. The summed E-state index contributed by atoms with van der Waals surface area (Å²) >= 11 is 0. The van der Waals surface area contributed by atoms with Gasteiger partial charge in [0, 0.05) is 7.05 Å². The Morgan fingerprint density at radius 2 is 1.95 bits per heavy atom. The van der Waals surface area contributed by atoms with Crippen LogP contribution in [0.15, 0.2) is 18.2 Å². The third-order valence-corrected chi connectivity index (χ3v) is 2.46. The number of aryl methyl sites for hydroxylation is 1. The van der Waals surface area contributed by atoms with Crippen LogP contribution in [0.5, 0.6) is 5.75 Å². The zero-order chi connectivity index (χ0) is 15.1. The van der Waals surface area contributed by atoms with Gasteiger partial charge in [-0.15, -0.1) is 0 Å². The number of ether oxygens (including phenoxy) is 2. The maximum absolute atomic E-state index is 11.7. The molecule has 1 aromatic rings. The van der Waals surface area contributed by atoms with Gasteiger partial charge in [0.25, 0.3) is 5.91 Å². The van der Waals surface area contributed by atoms with Crippen LogP contribution in [0.2, 0.25) is 0 Å². The molecule has 0 aliphatic rings. The van der Waals surface area contributed by atoms with Crippen molar-refractivity contribution in [1.29, 1.82) is 0 Å². The van der Waals surface area contributed by atoms with Crippen molar-refractivity contribution in [2.75, 3.05) is 20.8 Å². The van der Waals surface area contributed by atoms with Crippen molar-refractivity contribution in [3.8, 4) is 5.75 Å². The SMILES string of the molecule is CNC(=O)NC(=O)COC(=O)c1ccc(C)c(OC)c1. The van der Waals surface area contributed by atoms with E-state index in [9.17, 15) is 14.4 Å². The molecule has 0 bridgehead atoms. The minimum Gasteiger partial charge on any atom is -0.496 e. The summed E-state index contributed by atoms with van der Waals surface area (Å²) in [6.45, 7) is 1.30. The van der Waals surface area contributed by atoms with Gasteiger partial charge in [-0.05, 0) is 24.6 Å². The van der Waals surface area contributed by atoms with Gasteiger partial charge in [0.2, 0.25) is 0 Å². The van der Waals surface area contributed by atoms with E-state index in [1.165, 1.54) is 20.2 Å². The monoisotopic (exact) mass is 280 g/mol. The number of amides is 3. The second-order valence-corrected chi connectivity index (χ2v) is 3.89. The highest BCUT2D eigenvalue weighted by molar-refractivity contribution is 5.97. The summed E-state index contributed by atoms with van der Waals surface area (Å²) in [4.78, 5) is 33.8. The lowest BCUT2D eigenvalue weighted by Gasteiger charge is -2.08. The van der Waals surface area contributed by atoms with Crippen LogP contribution < -0.4 is 15.4 Å². The van der Waals surface area contributed by atoms with Gasteiger partial charge >= 0.3 is 12.0 Å². The molecule has 0 fully saturated rings. The number of rotatable bonds is 4. The molecular formula is C13H16N2O5.